The number of aliphatic hydroxyl groups is 1. The Morgan fingerprint density at radius 2 is 1.42 bits per heavy atom. The molecule has 3 fully saturated rings. The number of benzene rings is 3. The van der Waals surface area contributed by atoms with E-state index in [0.29, 0.717) is 22.3 Å². The first-order valence-corrected chi connectivity index (χ1v) is 28.2. The zero-order chi connectivity index (χ0) is 53.9. The molecule has 4 bridgehead atoms. The Bertz CT molecular complexity index is 2710. The first-order chi connectivity index (χ1) is 34.9. The molecule has 11 atom stereocenters. The largest absolute Gasteiger partial charge is 0.456 e. The van der Waals surface area contributed by atoms with Crippen molar-refractivity contribution >= 4 is 43.9 Å². The van der Waals surface area contributed by atoms with Crippen molar-refractivity contribution in [2.45, 2.75) is 167 Å². The van der Waals surface area contributed by atoms with E-state index >= 15 is 9.59 Å². The van der Waals surface area contributed by atoms with Crippen molar-refractivity contribution in [2.75, 3.05) is 6.61 Å². The van der Waals surface area contributed by atoms with Crippen LogP contribution in [0, 0.1) is 22.7 Å². The topological polar surface area (TPSA) is 190 Å². The van der Waals surface area contributed by atoms with E-state index in [-0.39, 0.29) is 47.2 Å². The van der Waals surface area contributed by atoms with Crippen LogP contribution in [-0.2, 0) is 53.7 Å². The number of ether oxygens (including phenoxy) is 5. The number of carbonyl (C=O) groups is 6. The minimum absolute atomic E-state index is 0.0462. The third-order valence-electron chi connectivity index (χ3n) is 17.7. The average Bonchev–Trinajstić information content (AvgIpc) is 3.34. The fourth-order valence-electron chi connectivity index (χ4n) is 13.8. The summed E-state index contributed by atoms with van der Waals surface area (Å²) in [4.78, 5) is 89.7. The number of esters is 4. The molecule has 2 N–H and O–H groups in total. The van der Waals surface area contributed by atoms with Gasteiger partial charge in [-0.15, -0.1) is 0 Å². The number of amides is 1. The predicted molar refractivity (Wildman–Crippen MR) is 278 cm³/mol. The highest BCUT2D eigenvalue weighted by molar-refractivity contribution is 6.77. The first-order valence-electron chi connectivity index (χ1n) is 26.1. The highest BCUT2D eigenvalue weighted by Gasteiger charge is 2.78. The van der Waals surface area contributed by atoms with E-state index in [2.05, 4.69) is 46.9 Å². The van der Waals surface area contributed by atoms with E-state index in [1.54, 1.807) is 101 Å². The highest BCUT2D eigenvalue weighted by Crippen LogP contribution is 2.66. The van der Waals surface area contributed by atoms with Crippen molar-refractivity contribution in [1.29, 1.82) is 0 Å². The fraction of sp³-hybridized carbons (Fsp3) is 0.525. The number of carbonyl (C=O) groups excluding carboxylic acids is 6. The van der Waals surface area contributed by atoms with Gasteiger partial charge in [0.25, 0.3) is 5.91 Å². The Labute approximate surface area is 436 Å². The standard InChI is InChI=1S/C59H73NO13Si/c1-33(2)74(34(3)4,35(5)6)73-49-47(60-53(64)40-23-15-13-16-24-40)42-28-20-19-22-39(42)27-21-29-45(62)72-58-32-68-44(58)30-36(7)57(12)50(58)52(71-54(65)41-25-17-14-18-26-41)59(67)31-43(70-55(49)66)37(8)46(56(59,10)11)48(51(57)63)69-38(9)61/h13-26,28-29,33-36,43-44,47-50,52,67H,27,30-32H2,1-12H3,(H,60,64)/b29-21-/t36-,43-,44+,47-,48+,49+,50-,52-,57+,58-,59+/m0/s1. The van der Waals surface area contributed by atoms with Crippen LogP contribution >= 0.6 is 0 Å². The van der Waals surface area contributed by atoms with Crippen molar-refractivity contribution in [3.63, 3.8) is 0 Å². The van der Waals surface area contributed by atoms with Crippen LogP contribution in [0.25, 0.3) is 0 Å². The molecule has 3 aromatic carbocycles. The van der Waals surface area contributed by atoms with Gasteiger partial charge in [-0.2, -0.15) is 0 Å². The molecule has 3 aliphatic carbocycles. The lowest BCUT2D eigenvalue weighted by atomic mass is 9.43. The summed E-state index contributed by atoms with van der Waals surface area (Å²) < 4.78 is 40.2. The maximum atomic E-state index is 16.2. The number of allylic oxidation sites excluding steroid dienone is 1. The lowest BCUT2D eigenvalue weighted by Crippen LogP contribution is -2.81. The van der Waals surface area contributed by atoms with Crippen molar-refractivity contribution < 1.29 is 62.0 Å². The van der Waals surface area contributed by atoms with Crippen LogP contribution < -0.4 is 5.32 Å². The van der Waals surface area contributed by atoms with E-state index in [9.17, 15) is 24.3 Å². The molecule has 3 aromatic rings. The second-order valence-corrected chi connectivity index (χ2v) is 28.3. The van der Waals surface area contributed by atoms with Gasteiger partial charge in [-0.3, -0.25) is 14.4 Å². The second-order valence-electron chi connectivity index (χ2n) is 22.9. The molecule has 15 heteroatoms. The Kier molecular flexibility index (Phi) is 15.0. The SMILES string of the molecule is CC(=O)O[C@H]1C(=O)[C@@]2(C)[C@@H]3[C@H](OC(=O)c4ccccc4)[C@]4(O)C[C@H](OC(=O)[C@H](O[Si](C(C)C)(C(C)C)C(C)C)[C@@H](NC(=O)c5ccccc5)c5ccccc5C/C=C\C(=O)O[C@]35CO[C@@H]5C[C@@H]2C)C(C)=C1C4(C)C. The summed E-state index contributed by atoms with van der Waals surface area (Å²) in [5.41, 5.74) is -5.13. The van der Waals surface area contributed by atoms with E-state index in [4.69, 9.17) is 28.1 Å². The summed E-state index contributed by atoms with van der Waals surface area (Å²) in [5.74, 6) is -6.22. The number of hydrogen-bond donors (Lipinski definition) is 2. The van der Waals surface area contributed by atoms with Crippen LogP contribution in [0.1, 0.15) is 134 Å². The van der Waals surface area contributed by atoms with Crippen molar-refractivity contribution in [2.24, 2.45) is 22.7 Å². The molecule has 396 valence electrons. The van der Waals surface area contributed by atoms with E-state index in [1.165, 1.54) is 13.0 Å². The van der Waals surface area contributed by atoms with Crippen LogP contribution in [-0.4, -0.2) is 97.3 Å². The summed E-state index contributed by atoms with van der Waals surface area (Å²) in [6, 6.07) is 23.0. The zero-order valence-corrected chi connectivity index (χ0v) is 45.8. The average molecular weight is 1030 g/mol. The maximum Gasteiger partial charge on any atom is 0.338 e. The molecule has 1 spiro atoms. The molecule has 74 heavy (non-hydrogen) atoms. The van der Waals surface area contributed by atoms with Gasteiger partial charge < -0.3 is 38.5 Å². The maximum absolute atomic E-state index is 16.2. The molecule has 0 radical (unpaired) electrons. The number of nitrogens with one attached hydrogen (secondary N) is 1. The number of rotatable bonds is 10. The van der Waals surface area contributed by atoms with E-state index < -0.39 is 121 Å². The van der Waals surface area contributed by atoms with Crippen molar-refractivity contribution in [3.05, 3.63) is 130 Å². The fourth-order valence-corrected chi connectivity index (χ4v) is 19.3. The van der Waals surface area contributed by atoms with Gasteiger partial charge in [-0.05, 0) is 88.8 Å². The molecule has 0 aromatic heterocycles. The summed E-state index contributed by atoms with van der Waals surface area (Å²) in [7, 11) is -3.09. The summed E-state index contributed by atoms with van der Waals surface area (Å²) in [6.45, 7) is 22.1. The quantitative estimate of drug-likeness (QED) is 0.0847. The van der Waals surface area contributed by atoms with Gasteiger partial charge in [0.2, 0.25) is 8.32 Å². The minimum Gasteiger partial charge on any atom is -0.456 e. The monoisotopic (exact) mass is 1030 g/mol. The van der Waals surface area contributed by atoms with Gasteiger partial charge in [0.15, 0.2) is 23.6 Å². The third kappa shape index (κ3) is 8.98. The minimum atomic E-state index is -3.09. The highest BCUT2D eigenvalue weighted by atomic mass is 28.4. The Balaban J connectivity index is 1.44. The van der Waals surface area contributed by atoms with Crippen LogP contribution in [0.15, 0.2) is 108 Å². The molecule has 2 saturated carbocycles. The van der Waals surface area contributed by atoms with Gasteiger partial charge >= 0.3 is 23.9 Å². The number of fused-ring (bicyclic) bond motifs is 3. The normalized spacial score (nSPS) is 32.2. The van der Waals surface area contributed by atoms with Crippen LogP contribution in [0.5, 0.6) is 0 Å². The molecule has 2 aliphatic heterocycles. The Hall–Kier alpha value is -5.74. The van der Waals surface area contributed by atoms with Crippen LogP contribution in [0.2, 0.25) is 16.6 Å². The van der Waals surface area contributed by atoms with E-state index in [1.807, 2.05) is 25.1 Å². The number of hydrogen-bond acceptors (Lipinski definition) is 13. The first kappa shape index (κ1) is 54.5. The lowest BCUT2D eigenvalue weighted by molar-refractivity contribution is -0.339. The Morgan fingerprint density at radius 1 is 0.824 bits per heavy atom. The summed E-state index contributed by atoms with van der Waals surface area (Å²) in [5, 5.41) is 17.5. The molecule has 0 unspecified atom stereocenters. The third-order valence-corrected chi connectivity index (χ3v) is 23.8. The van der Waals surface area contributed by atoms with Crippen LogP contribution in [0.3, 0.4) is 0 Å². The second kappa shape index (κ2) is 20.4. The van der Waals surface area contributed by atoms with E-state index in [0.717, 1.165) is 0 Å². The molecule has 2 heterocycles. The van der Waals surface area contributed by atoms with Gasteiger partial charge in [0.1, 0.15) is 23.9 Å². The molecule has 14 nitrogen and oxygen atoms in total. The molecule has 8 rings (SSSR count). The van der Waals surface area contributed by atoms with Crippen molar-refractivity contribution in [1.82, 2.24) is 5.32 Å². The molecule has 1 amide bonds. The zero-order valence-electron chi connectivity index (χ0n) is 44.8. The van der Waals surface area contributed by atoms with Crippen molar-refractivity contribution in [3.8, 4) is 0 Å². The molecular weight excluding hydrogens is 959 g/mol. The van der Waals surface area contributed by atoms with Gasteiger partial charge in [-0.25, -0.2) is 14.4 Å². The summed E-state index contributed by atoms with van der Waals surface area (Å²) >= 11 is 0. The van der Waals surface area contributed by atoms with Gasteiger partial charge in [-0.1, -0.05) is 136 Å². The molecular formula is C59H73NO13Si. The molecule has 1 saturated heterocycles. The molecule has 5 aliphatic rings. The predicted octanol–water partition coefficient (Wildman–Crippen LogP) is 9.30. The lowest BCUT2D eigenvalue weighted by Gasteiger charge is -2.68. The van der Waals surface area contributed by atoms with Gasteiger partial charge in [0, 0.05) is 35.8 Å². The van der Waals surface area contributed by atoms with Crippen LogP contribution in [0.4, 0.5) is 0 Å². The Morgan fingerprint density at radius 3 is 2.00 bits per heavy atom. The smallest absolute Gasteiger partial charge is 0.338 e. The number of ketones is 1. The number of Topliss-reactive ketones (excluding diaryl/α,β-unsaturated/α-hetero) is 1. The summed E-state index contributed by atoms with van der Waals surface area (Å²) in [6.07, 6.45) is -4.15. The van der Waals surface area contributed by atoms with Gasteiger partial charge in [0.05, 0.1) is 24.1 Å².